The third-order valence-corrected chi connectivity index (χ3v) is 7.69. The second-order valence-electron chi connectivity index (χ2n) is 8.17. The highest BCUT2D eigenvalue weighted by Gasteiger charge is 2.28. The van der Waals surface area contributed by atoms with Crippen molar-refractivity contribution < 1.29 is 13.2 Å². The normalized spacial score (nSPS) is 11.4. The Balaban J connectivity index is 1.62. The summed E-state index contributed by atoms with van der Waals surface area (Å²) in [6.07, 6.45) is 0. The van der Waals surface area contributed by atoms with E-state index in [0.717, 1.165) is 26.2 Å². The number of sulfonamides is 1. The molecule has 0 aliphatic carbocycles. The van der Waals surface area contributed by atoms with Gasteiger partial charge in [-0.05, 0) is 66.1 Å². The van der Waals surface area contributed by atoms with Gasteiger partial charge in [-0.3, -0.25) is 9.10 Å². The molecule has 7 heteroatoms. The molecule has 0 saturated heterocycles. The van der Waals surface area contributed by atoms with Crippen LogP contribution in [0.1, 0.15) is 16.7 Å². The van der Waals surface area contributed by atoms with Gasteiger partial charge in [0.15, 0.2) is 0 Å². The first-order chi connectivity index (χ1) is 16.3. The Hall–Kier alpha value is -3.35. The van der Waals surface area contributed by atoms with Crippen LogP contribution in [0.4, 0.5) is 5.69 Å². The quantitative estimate of drug-likeness (QED) is 0.364. The lowest BCUT2D eigenvalue weighted by Gasteiger charge is -2.26. The third-order valence-electron chi connectivity index (χ3n) is 5.68. The lowest BCUT2D eigenvalue weighted by molar-refractivity contribution is -0.119. The maximum Gasteiger partial charge on any atom is 0.264 e. The van der Waals surface area contributed by atoms with Gasteiger partial charge >= 0.3 is 0 Å². The molecule has 1 amide bonds. The van der Waals surface area contributed by atoms with E-state index in [2.05, 4.69) is 5.32 Å². The number of carbonyl (C=O) groups excluding carboxylic acids is 1. The molecule has 5 nitrogen and oxygen atoms in total. The summed E-state index contributed by atoms with van der Waals surface area (Å²) in [4.78, 5) is 13.1. The van der Waals surface area contributed by atoms with E-state index in [1.54, 1.807) is 49.4 Å². The van der Waals surface area contributed by atoms with Crippen LogP contribution < -0.4 is 9.62 Å². The lowest BCUT2D eigenvalue weighted by atomic mass is 10.0. The van der Waals surface area contributed by atoms with Crippen LogP contribution in [-0.4, -0.2) is 20.9 Å². The van der Waals surface area contributed by atoms with E-state index in [1.165, 1.54) is 0 Å². The predicted molar refractivity (Wildman–Crippen MR) is 138 cm³/mol. The molecule has 0 aliphatic heterocycles. The lowest BCUT2D eigenvalue weighted by Crippen LogP contribution is -2.41. The van der Waals surface area contributed by atoms with Gasteiger partial charge in [0.05, 0.1) is 10.6 Å². The summed E-state index contributed by atoms with van der Waals surface area (Å²) in [7, 11) is -3.99. The van der Waals surface area contributed by atoms with E-state index < -0.39 is 15.9 Å². The zero-order chi connectivity index (χ0) is 24.3. The number of hydrogen-bond donors (Lipinski definition) is 1. The number of nitrogens with one attached hydrogen (secondary N) is 1. The van der Waals surface area contributed by atoms with Crippen LogP contribution in [0.15, 0.2) is 89.8 Å². The average molecular weight is 493 g/mol. The van der Waals surface area contributed by atoms with Crippen LogP contribution in [0.3, 0.4) is 0 Å². The molecule has 1 N–H and O–H groups in total. The van der Waals surface area contributed by atoms with Gasteiger partial charge in [-0.15, -0.1) is 0 Å². The Morgan fingerprint density at radius 1 is 0.912 bits per heavy atom. The summed E-state index contributed by atoms with van der Waals surface area (Å²) in [6.45, 7) is 3.59. The first-order valence-electron chi connectivity index (χ1n) is 10.8. The summed E-state index contributed by atoms with van der Waals surface area (Å²) < 4.78 is 28.3. The smallest absolute Gasteiger partial charge is 0.264 e. The molecule has 0 saturated carbocycles. The second kappa shape index (κ2) is 9.87. The molecule has 0 aromatic heterocycles. The van der Waals surface area contributed by atoms with Gasteiger partial charge in [-0.25, -0.2) is 8.42 Å². The van der Waals surface area contributed by atoms with Crippen molar-refractivity contribution in [1.29, 1.82) is 0 Å². The molecule has 0 atom stereocenters. The van der Waals surface area contributed by atoms with Crippen molar-refractivity contribution in [2.75, 3.05) is 10.8 Å². The number of anilines is 1. The van der Waals surface area contributed by atoms with Crippen molar-refractivity contribution in [2.24, 2.45) is 0 Å². The number of halogens is 1. The number of amides is 1. The summed E-state index contributed by atoms with van der Waals surface area (Å²) in [5.74, 6) is -0.405. The fraction of sp³-hybridized carbons (Fsp3) is 0.148. The van der Waals surface area contributed by atoms with Crippen LogP contribution in [0, 0.1) is 13.8 Å². The first kappa shape index (κ1) is 23.8. The molecule has 34 heavy (non-hydrogen) atoms. The molecule has 0 spiro atoms. The summed E-state index contributed by atoms with van der Waals surface area (Å²) in [5, 5.41) is 5.50. The summed E-state index contributed by atoms with van der Waals surface area (Å²) in [5.41, 5.74) is 2.97. The molecule has 4 rings (SSSR count). The highest BCUT2D eigenvalue weighted by Crippen LogP contribution is 2.29. The standard InChI is InChI=1S/C27H25ClN2O3S/c1-19-10-13-24(14-11-19)34(32,33)30(26-15-12-23(28)16-20(26)2)18-27(31)29-17-22-8-5-7-21-6-3-4-9-25(21)22/h3-16H,17-18H2,1-2H3,(H,29,31). The Kier molecular flexibility index (Phi) is 6.91. The van der Waals surface area contributed by atoms with Gasteiger partial charge in [0.2, 0.25) is 5.91 Å². The zero-order valence-electron chi connectivity index (χ0n) is 19.0. The maximum absolute atomic E-state index is 13.6. The molecule has 0 fully saturated rings. The van der Waals surface area contributed by atoms with E-state index in [4.69, 9.17) is 11.6 Å². The zero-order valence-corrected chi connectivity index (χ0v) is 20.5. The van der Waals surface area contributed by atoms with Gasteiger partial charge in [0.25, 0.3) is 10.0 Å². The van der Waals surface area contributed by atoms with E-state index in [1.807, 2.05) is 49.4 Å². The number of fused-ring (bicyclic) bond motifs is 1. The summed E-state index contributed by atoms with van der Waals surface area (Å²) >= 11 is 6.09. The molecule has 0 unspecified atom stereocenters. The highest BCUT2D eigenvalue weighted by molar-refractivity contribution is 7.92. The van der Waals surface area contributed by atoms with Crippen LogP contribution in [0.5, 0.6) is 0 Å². The molecule has 4 aromatic rings. The number of benzene rings is 4. The van der Waals surface area contributed by atoms with E-state index in [-0.39, 0.29) is 18.0 Å². The Labute approximate surface area is 205 Å². The van der Waals surface area contributed by atoms with Gasteiger partial charge in [0, 0.05) is 11.6 Å². The Morgan fingerprint density at radius 2 is 1.62 bits per heavy atom. The number of nitrogens with zero attached hydrogens (tertiary/aromatic N) is 1. The van der Waals surface area contributed by atoms with Crippen LogP contribution in [0.2, 0.25) is 5.02 Å². The molecular formula is C27H25ClN2O3S. The largest absolute Gasteiger partial charge is 0.350 e. The number of rotatable bonds is 7. The minimum absolute atomic E-state index is 0.120. The molecule has 174 valence electrons. The number of hydrogen-bond acceptors (Lipinski definition) is 3. The van der Waals surface area contributed by atoms with Crippen molar-refractivity contribution in [2.45, 2.75) is 25.3 Å². The number of carbonyl (C=O) groups is 1. The van der Waals surface area contributed by atoms with Crippen molar-refractivity contribution in [3.05, 3.63) is 107 Å². The minimum Gasteiger partial charge on any atom is -0.350 e. The highest BCUT2D eigenvalue weighted by atomic mass is 35.5. The predicted octanol–water partition coefficient (Wildman–Crippen LogP) is 5.62. The summed E-state index contributed by atoms with van der Waals surface area (Å²) in [6, 6.07) is 25.3. The first-order valence-corrected chi connectivity index (χ1v) is 12.7. The van der Waals surface area contributed by atoms with Crippen molar-refractivity contribution in [3.63, 3.8) is 0 Å². The molecule has 4 aromatic carbocycles. The Bertz CT molecular complexity index is 1450. The second-order valence-corrected chi connectivity index (χ2v) is 10.5. The average Bonchev–Trinajstić information content (AvgIpc) is 2.82. The van der Waals surface area contributed by atoms with E-state index >= 15 is 0 Å². The van der Waals surface area contributed by atoms with Crippen LogP contribution in [0.25, 0.3) is 10.8 Å². The van der Waals surface area contributed by atoms with E-state index in [0.29, 0.717) is 16.3 Å². The van der Waals surface area contributed by atoms with Crippen LogP contribution >= 0.6 is 11.6 Å². The topological polar surface area (TPSA) is 66.5 Å². The van der Waals surface area contributed by atoms with Crippen molar-refractivity contribution >= 4 is 44.0 Å². The van der Waals surface area contributed by atoms with E-state index in [9.17, 15) is 13.2 Å². The third kappa shape index (κ3) is 5.08. The van der Waals surface area contributed by atoms with Gasteiger partial charge < -0.3 is 5.32 Å². The molecule has 0 aliphatic rings. The number of aryl methyl sites for hydroxylation is 2. The fourth-order valence-corrected chi connectivity index (χ4v) is 5.57. The van der Waals surface area contributed by atoms with Crippen LogP contribution in [-0.2, 0) is 21.4 Å². The fourth-order valence-electron chi connectivity index (χ4n) is 3.86. The molecular weight excluding hydrogens is 468 g/mol. The van der Waals surface area contributed by atoms with Gasteiger partial charge in [0.1, 0.15) is 6.54 Å². The molecule has 0 heterocycles. The van der Waals surface area contributed by atoms with Crippen molar-refractivity contribution in [1.82, 2.24) is 5.32 Å². The maximum atomic E-state index is 13.6. The van der Waals surface area contributed by atoms with Crippen molar-refractivity contribution in [3.8, 4) is 0 Å². The molecule has 0 bridgehead atoms. The Morgan fingerprint density at radius 3 is 2.35 bits per heavy atom. The monoisotopic (exact) mass is 492 g/mol. The van der Waals surface area contributed by atoms with Gasteiger partial charge in [-0.1, -0.05) is 71.8 Å². The SMILES string of the molecule is Cc1ccc(S(=O)(=O)N(CC(=O)NCc2cccc3ccccc23)c2ccc(Cl)cc2C)cc1. The molecule has 0 radical (unpaired) electrons. The van der Waals surface area contributed by atoms with Gasteiger partial charge in [-0.2, -0.15) is 0 Å². The minimum atomic E-state index is -3.99.